The number of likely N-dealkylation sites (N-methyl/N-ethyl adjacent to an activating group) is 1. The molecule has 4 rings (SSSR count). The van der Waals surface area contributed by atoms with Crippen molar-refractivity contribution in [2.45, 2.75) is 22.2 Å². The molecule has 1 aliphatic heterocycles. The second-order valence-electron chi connectivity index (χ2n) is 8.20. The SMILES string of the molecule is Cc1nc(Sc2ccccc2)sc1C(=O)C1=C(O)C(=O)N(CCN(C)C)C1c1cccc(O)c1. The van der Waals surface area contributed by atoms with Gasteiger partial charge in [0.05, 0.1) is 22.2 Å². The average molecular weight is 496 g/mol. The van der Waals surface area contributed by atoms with E-state index in [1.807, 2.05) is 49.3 Å². The first-order valence-corrected chi connectivity index (χ1v) is 12.3. The summed E-state index contributed by atoms with van der Waals surface area (Å²) in [6.07, 6.45) is 0. The Labute approximate surface area is 206 Å². The summed E-state index contributed by atoms with van der Waals surface area (Å²) < 4.78 is 0.704. The van der Waals surface area contributed by atoms with Crippen LogP contribution in [-0.2, 0) is 4.79 Å². The van der Waals surface area contributed by atoms with E-state index >= 15 is 0 Å². The first kappa shape index (κ1) is 24.0. The lowest BCUT2D eigenvalue weighted by atomic mass is 9.95. The summed E-state index contributed by atoms with van der Waals surface area (Å²) in [5.74, 6) is -1.56. The van der Waals surface area contributed by atoms with E-state index in [1.54, 1.807) is 19.1 Å². The van der Waals surface area contributed by atoms with E-state index in [0.717, 1.165) is 4.90 Å². The van der Waals surface area contributed by atoms with Crippen LogP contribution in [0.3, 0.4) is 0 Å². The van der Waals surface area contributed by atoms with Crippen LogP contribution in [-0.4, -0.2) is 63.9 Å². The Morgan fingerprint density at radius 1 is 1.15 bits per heavy atom. The van der Waals surface area contributed by atoms with Crippen LogP contribution in [0.4, 0.5) is 0 Å². The van der Waals surface area contributed by atoms with Crippen LogP contribution in [0.1, 0.15) is 27.0 Å². The maximum absolute atomic E-state index is 13.7. The molecule has 3 aromatic rings. The fourth-order valence-electron chi connectivity index (χ4n) is 3.80. The maximum Gasteiger partial charge on any atom is 0.290 e. The molecule has 1 unspecified atom stereocenters. The standard InChI is InChI=1S/C25H25N3O4S2/c1-15-23(34-25(26-15)33-18-10-5-4-6-11-18)21(30)19-20(16-8-7-9-17(29)14-16)28(13-12-27(2)3)24(32)22(19)31/h4-11,14,20,29,31H,12-13H2,1-3H3. The number of Topliss-reactive ketones (excluding diaryl/α,β-unsaturated/α-hetero) is 1. The molecule has 1 aliphatic rings. The van der Waals surface area contributed by atoms with Gasteiger partial charge in [0.1, 0.15) is 5.75 Å². The lowest BCUT2D eigenvalue weighted by molar-refractivity contribution is -0.129. The van der Waals surface area contributed by atoms with E-state index in [9.17, 15) is 19.8 Å². The molecule has 0 saturated heterocycles. The van der Waals surface area contributed by atoms with Crippen molar-refractivity contribution in [2.24, 2.45) is 0 Å². The Kier molecular flexibility index (Phi) is 7.06. The van der Waals surface area contributed by atoms with Crippen molar-refractivity contribution in [3.63, 3.8) is 0 Å². The zero-order chi connectivity index (χ0) is 24.4. The number of carbonyl (C=O) groups excluding carboxylic acids is 2. The summed E-state index contributed by atoms with van der Waals surface area (Å²) in [4.78, 5) is 36.1. The predicted octanol–water partition coefficient (Wildman–Crippen LogP) is 4.45. The average Bonchev–Trinajstić information content (AvgIpc) is 3.29. The molecule has 0 bridgehead atoms. The van der Waals surface area contributed by atoms with Gasteiger partial charge in [-0.2, -0.15) is 0 Å². The summed E-state index contributed by atoms with van der Waals surface area (Å²) in [6, 6.07) is 15.4. The summed E-state index contributed by atoms with van der Waals surface area (Å²) in [6.45, 7) is 2.61. The minimum atomic E-state index is -0.807. The lowest BCUT2D eigenvalue weighted by Crippen LogP contribution is -2.36. The minimum Gasteiger partial charge on any atom is -0.508 e. The number of aliphatic hydroxyl groups is 1. The number of hydrogen-bond donors (Lipinski definition) is 2. The highest BCUT2D eigenvalue weighted by Gasteiger charge is 2.44. The van der Waals surface area contributed by atoms with Crippen LogP contribution in [0.15, 0.2) is 75.2 Å². The fourth-order valence-corrected chi connectivity index (χ4v) is 5.94. The number of benzene rings is 2. The molecule has 2 aromatic carbocycles. The third-order valence-electron chi connectivity index (χ3n) is 5.45. The molecule has 1 aromatic heterocycles. The third-order valence-corrected chi connectivity index (χ3v) is 7.68. The maximum atomic E-state index is 13.7. The van der Waals surface area contributed by atoms with Crippen molar-refractivity contribution in [3.8, 4) is 5.75 Å². The van der Waals surface area contributed by atoms with Crippen LogP contribution in [0.2, 0.25) is 0 Å². The molecule has 34 heavy (non-hydrogen) atoms. The van der Waals surface area contributed by atoms with Gasteiger partial charge in [0.2, 0.25) is 5.78 Å². The van der Waals surface area contributed by atoms with Gasteiger partial charge >= 0.3 is 0 Å². The van der Waals surface area contributed by atoms with Gasteiger partial charge in [0, 0.05) is 18.0 Å². The van der Waals surface area contributed by atoms with E-state index in [-0.39, 0.29) is 11.3 Å². The number of phenols is 1. The molecule has 0 saturated carbocycles. The Hall–Kier alpha value is -3.14. The molecule has 0 aliphatic carbocycles. The summed E-state index contributed by atoms with van der Waals surface area (Å²) >= 11 is 2.70. The summed E-state index contributed by atoms with van der Waals surface area (Å²) in [5.41, 5.74) is 1.11. The second-order valence-corrected chi connectivity index (χ2v) is 10.5. The smallest absolute Gasteiger partial charge is 0.290 e. The normalized spacial score (nSPS) is 16.1. The quantitative estimate of drug-likeness (QED) is 0.446. The molecule has 176 valence electrons. The van der Waals surface area contributed by atoms with Gasteiger partial charge < -0.3 is 20.0 Å². The van der Waals surface area contributed by atoms with Crippen molar-refractivity contribution in [3.05, 3.63) is 82.1 Å². The number of aromatic hydroxyl groups is 1. The second kappa shape index (κ2) is 10.0. The van der Waals surface area contributed by atoms with Crippen molar-refractivity contribution in [1.29, 1.82) is 0 Å². The number of nitrogens with zero attached hydrogens (tertiary/aromatic N) is 3. The molecule has 2 N–H and O–H groups in total. The molecule has 0 radical (unpaired) electrons. The van der Waals surface area contributed by atoms with E-state index in [4.69, 9.17) is 0 Å². The number of ketones is 1. The minimum absolute atomic E-state index is 0.0115. The highest BCUT2D eigenvalue weighted by molar-refractivity contribution is 8.01. The number of aryl methyl sites for hydroxylation is 1. The Morgan fingerprint density at radius 3 is 2.56 bits per heavy atom. The number of thiazole rings is 1. The van der Waals surface area contributed by atoms with Crippen LogP contribution in [0, 0.1) is 6.92 Å². The highest BCUT2D eigenvalue weighted by atomic mass is 32.2. The Morgan fingerprint density at radius 2 is 1.88 bits per heavy atom. The molecule has 0 spiro atoms. The molecule has 1 atom stereocenters. The van der Waals surface area contributed by atoms with Crippen LogP contribution >= 0.6 is 23.1 Å². The van der Waals surface area contributed by atoms with Gasteiger partial charge in [-0.25, -0.2) is 4.98 Å². The molecule has 9 heteroatoms. The Bertz CT molecular complexity index is 1250. The molecule has 0 fully saturated rings. The zero-order valence-corrected chi connectivity index (χ0v) is 20.7. The zero-order valence-electron chi connectivity index (χ0n) is 19.1. The van der Waals surface area contributed by atoms with Gasteiger partial charge in [-0.1, -0.05) is 42.1 Å². The van der Waals surface area contributed by atoms with Gasteiger partial charge in [-0.3, -0.25) is 9.59 Å². The van der Waals surface area contributed by atoms with E-state index < -0.39 is 23.5 Å². The van der Waals surface area contributed by atoms with E-state index in [1.165, 1.54) is 40.1 Å². The van der Waals surface area contributed by atoms with Crippen LogP contribution in [0.5, 0.6) is 5.75 Å². The summed E-state index contributed by atoms with van der Waals surface area (Å²) in [7, 11) is 3.77. The molecular weight excluding hydrogens is 470 g/mol. The van der Waals surface area contributed by atoms with Crippen LogP contribution in [0.25, 0.3) is 0 Å². The number of aromatic nitrogens is 1. The number of phenolic OH excluding ortho intramolecular Hbond substituents is 1. The highest BCUT2D eigenvalue weighted by Crippen LogP contribution is 2.42. The Balaban J connectivity index is 1.72. The molecule has 2 heterocycles. The number of amides is 1. The van der Waals surface area contributed by atoms with Gasteiger partial charge in [0.25, 0.3) is 5.91 Å². The third kappa shape index (κ3) is 4.86. The van der Waals surface area contributed by atoms with Gasteiger partial charge in [0.15, 0.2) is 10.1 Å². The van der Waals surface area contributed by atoms with Crippen LogP contribution < -0.4 is 0 Å². The first-order valence-electron chi connectivity index (χ1n) is 10.7. The number of hydrogen-bond acceptors (Lipinski definition) is 8. The fraction of sp³-hybridized carbons (Fsp3) is 0.240. The predicted molar refractivity (Wildman–Crippen MR) is 133 cm³/mol. The van der Waals surface area contributed by atoms with Crippen molar-refractivity contribution in [1.82, 2.24) is 14.8 Å². The molecular formula is C25H25N3O4S2. The van der Waals surface area contributed by atoms with Crippen molar-refractivity contribution in [2.75, 3.05) is 27.2 Å². The van der Waals surface area contributed by atoms with Crippen molar-refractivity contribution >= 4 is 34.8 Å². The lowest BCUT2D eigenvalue weighted by Gasteiger charge is -2.28. The van der Waals surface area contributed by atoms with Gasteiger partial charge in [-0.15, -0.1) is 11.3 Å². The summed E-state index contributed by atoms with van der Waals surface area (Å²) in [5, 5.41) is 20.9. The monoisotopic (exact) mass is 495 g/mol. The van der Waals surface area contributed by atoms with E-state index in [0.29, 0.717) is 33.6 Å². The molecule has 7 nitrogen and oxygen atoms in total. The van der Waals surface area contributed by atoms with Gasteiger partial charge in [-0.05, 0) is 50.8 Å². The number of rotatable bonds is 8. The molecule has 1 amide bonds. The van der Waals surface area contributed by atoms with Crippen molar-refractivity contribution < 1.29 is 19.8 Å². The van der Waals surface area contributed by atoms with E-state index in [2.05, 4.69) is 4.98 Å². The first-order chi connectivity index (χ1) is 16.3. The number of aliphatic hydroxyl groups excluding tert-OH is 1. The topological polar surface area (TPSA) is 94.0 Å². The number of carbonyl (C=O) groups is 2. The largest absolute Gasteiger partial charge is 0.508 e.